The maximum Gasteiger partial charge on any atom is 0.232 e. The van der Waals surface area contributed by atoms with Crippen molar-refractivity contribution in [3.63, 3.8) is 0 Å². The molecular formula is C29H42N4O3. The highest BCUT2D eigenvalue weighted by Gasteiger charge is 2.36. The van der Waals surface area contributed by atoms with Crippen LogP contribution in [0.15, 0.2) is 39.9 Å². The zero-order valence-corrected chi connectivity index (χ0v) is 23.0. The molecule has 0 amide bonds. The van der Waals surface area contributed by atoms with Crippen molar-refractivity contribution >= 4 is 23.4 Å². The quantitative estimate of drug-likeness (QED) is 0.275. The van der Waals surface area contributed by atoms with Crippen LogP contribution in [0.25, 0.3) is 0 Å². The minimum absolute atomic E-state index is 0.0578. The van der Waals surface area contributed by atoms with Crippen molar-refractivity contribution in [2.45, 2.75) is 105 Å². The van der Waals surface area contributed by atoms with E-state index in [-0.39, 0.29) is 29.6 Å². The first-order valence-electron chi connectivity index (χ1n) is 13.3. The molecule has 0 saturated carbocycles. The van der Waals surface area contributed by atoms with Crippen LogP contribution in [0.1, 0.15) is 103 Å². The summed E-state index contributed by atoms with van der Waals surface area (Å²) in [6.07, 6.45) is 7.05. The predicted octanol–water partition coefficient (Wildman–Crippen LogP) is 6.66. The van der Waals surface area contributed by atoms with E-state index in [2.05, 4.69) is 46.6 Å². The maximum atomic E-state index is 13.4. The predicted molar refractivity (Wildman–Crippen MR) is 147 cm³/mol. The first-order chi connectivity index (χ1) is 17.1. The average molecular weight is 495 g/mol. The number of carbonyl (C=O) groups excluding carboxylic acids is 1. The Hall–Kier alpha value is -2.96. The number of aliphatic imine (C=N–C) groups is 1. The summed E-state index contributed by atoms with van der Waals surface area (Å²) in [5.74, 6) is 1.95. The Morgan fingerprint density at radius 2 is 1.86 bits per heavy atom. The number of amidine groups is 2. The number of nitrogens with one attached hydrogen (secondary N) is 1. The number of rotatable bonds is 11. The Bertz CT molecular complexity index is 1060. The Morgan fingerprint density at radius 1 is 1.14 bits per heavy atom. The van der Waals surface area contributed by atoms with Crippen molar-refractivity contribution in [1.82, 2.24) is 5.01 Å². The fourth-order valence-electron chi connectivity index (χ4n) is 4.20. The highest BCUT2D eigenvalue weighted by Crippen LogP contribution is 2.30. The lowest BCUT2D eigenvalue weighted by Gasteiger charge is -2.23. The third kappa shape index (κ3) is 6.62. The van der Waals surface area contributed by atoms with Crippen molar-refractivity contribution < 1.29 is 14.3 Å². The summed E-state index contributed by atoms with van der Waals surface area (Å²) < 4.78 is 12.0. The number of ether oxygens (including phenoxy) is 2. The van der Waals surface area contributed by atoms with Gasteiger partial charge in [0, 0.05) is 18.1 Å². The molecule has 36 heavy (non-hydrogen) atoms. The molecule has 0 saturated heterocycles. The van der Waals surface area contributed by atoms with Crippen molar-refractivity contribution in [3.8, 4) is 5.75 Å². The highest BCUT2D eigenvalue weighted by atomic mass is 16.5. The molecule has 1 aromatic rings. The van der Waals surface area contributed by atoms with Crippen LogP contribution < -0.4 is 4.74 Å². The van der Waals surface area contributed by atoms with Crippen LogP contribution in [0, 0.1) is 5.41 Å². The number of Topliss-reactive ketones (excluding diaryl/α,β-unsaturated/α-hetero) is 1. The second-order valence-corrected chi connectivity index (χ2v) is 10.7. The number of hydrazone groups is 1. The van der Waals surface area contributed by atoms with Gasteiger partial charge in [-0.25, -0.2) is 0 Å². The summed E-state index contributed by atoms with van der Waals surface area (Å²) in [5.41, 5.74) is 2.40. The van der Waals surface area contributed by atoms with Gasteiger partial charge in [0.05, 0.1) is 12.7 Å². The van der Waals surface area contributed by atoms with Gasteiger partial charge in [0.1, 0.15) is 17.6 Å². The number of benzene rings is 1. The number of carbonyl (C=O) groups is 1. The van der Waals surface area contributed by atoms with Crippen LogP contribution in [0.5, 0.6) is 5.75 Å². The average Bonchev–Trinajstić information content (AvgIpc) is 3.15. The zero-order chi connectivity index (χ0) is 26.5. The molecule has 0 spiro atoms. The number of hydrogen-bond acceptors (Lipinski definition) is 6. The van der Waals surface area contributed by atoms with Crippen molar-refractivity contribution in [3.05, 3.63) is 41.0 Å². The number of nitrogens with zero attached hydrogens (tertiary/aromatic N) is 3. The molecule has 0 aromatic heterocycles. The molecule has 196 valence electrons. The molecule has 1 unspecified atom stereocenters. The van der Waals surface area contributed by atoms with Crippen LogP contribution in [0.4, 0.5) is 0 Å². The minimum Gasteiger partial charge on any atom is -0.494 e. The summed E-state index contributed by atoms with van der Waals surface area (Å²) in [4.78, 5) is 18.1. The molecule has 0 radical (unpaired) electrons. The smallest absolute Gasteiger partial charge is 0.232 e. The van der Waals surface area contributed by atoms with E-state index in [1.807, 2.05) is 31.2 Å². The molecule has 0 fully saturated rings. The Kier molecular flexibility index (Phi) is 9.09. The molecule has 1 aromatic carbocycles. The molecule has 2 aliphatic heterocycles. The minimum atomic E-state index is -0.584. The van der Waals surface area contributed by atoms with E-state index in [0.717, 1.165) is 49.0 Å². The fraction of sp³-hybridized carbons (Fsp3) is 0.586. The van der Waals surface area contributed by atoms with Crippen LogP contribution >= 0.6 is 0 Å². The van der Waals surface area contributed by atoms with Gasteiger partial charge in [-0.05, 0) is 60.9 Å². The van der Waals surface area contributed by atoms with Crippen molar-refractivity contribution in [1.29, 1.82) is 5.41 Å². The fourth-order valence-corrected chi connectivity index (χ4v) is 4.20. The first kappa shape index (κ1) is 27.6. The number of fused-ring (bicyclic) bond motifs is 1. The molecule has 2 heterocycles. The molecule has 7 nitrogen and oxygen atoms in total. The summed E-state index contributed by atoms with van der Waals surface area (Å²) >= 11 is 0. The van der Waals surface area contributed by atoms with Crippen molar-refractivity contribution in [2.75, 3.05) is 6.61 Å². The van der Waals surface area contributed by atoms with Gasteiger partial charge in [-0.1, -0.05) is 54.4 Å². The van der Waals surface area contributed by atoms with E-state index in [0.29, 0.717) is 23.9 Å². The topological polar surface area (TPSA) is 87.3 Å². The molecule has 7 heteroatoms. The SMILES string of the molecule is CCCCCOc1cc(C(=O)CC2N=C3C(C)=CC(OC(CC)CC)=NN3C2=N)cc(C(C)(C)C)c1. The van der Waals surface area contributed by atoms with Gasteiger partial charge < -0.3 is 9.47 Å². The lowest BCUT2D eigenvalue weighted by molar-refractivity contribution is 0.0980. The largest absolute Gasteiger partial charge is 0.494 e. The van der Waals surface area contributed by atoms with E-state index >= 15 is 0 Å². The lowest BCUT2D eigenvalue weighted by atomic mass is 9.85. The Morgan fingerprint density at radius 3 is 2.50 bits per heavy atom. The van der Waals surface area contributed by atoms with Crippen LogP contribution in [-0.2, 0) is 10.2 Å². The molecule has 0 bridgehead atoms. The standard InChI is InChI=1S/C29H42N4O3/c1-8-11-12-13-35-23-16-20(15-21(17-23)29(5,6)7)25(34)18-24-27(30)33-28(31-24)19(4)14-26(32-33)36-22(9-2)10-3/h14-17,22,24,30H,8-13,18H2,1-7H3. The van der Waals surface area contributed by atoms with E-state index in [9.17, 15) is 4.79 Å². The van der Waals surface area contributed by atoms with Gasteiger partial charge in [-0.3, -0.25) is 15.2 Å². The summed E-state index contributed by atoms with van der Waals surface area (Å²) in [7, 11) is 0. The second-order valence-electron chi connectivity index (χ2n) is 10.7. The number of hydrogen-bond donors (Lipinski definition) is 1. The summed E-state index contributed by atoms with van der Waals surface area (Å²) in [6.45, 7) is 15.3. The van der Waals surface area contributed by atoms with Gasteiger partial charge >= 0.3 is 0 Å². The van der Waals surface area contributed by atoms with Gasteiger partial charge in [0.15, 0.2) is 11.6 Å². The molecule has 2 aliphatic rings. The second kappa shape index (κ2) is 11.8. The lowest BCUT2D eigenvalue weighted by Crippen LogP contribution is -2.35. The molecule has 0 aliphatic carbocycles. The van der Waals surface area contributed by atoms with E-state index in [1.54, 1.807) is 0 Å². The highest BCUT2D eigenvalue weighted by molar-refractivity contribution is 6.19. The molecule has 1 atom stereocenters. The number of ketones is 1. The first-order valence-corrected chi connectivity index (χ1v) is 13.3. The van der Waals surface area contributed by atoms with Crippen LogP contribution in [0.2, 0.25) is 0 Å². The molecular weight excluding hydrogens is 452 g/mol. The third-order valence-corrected chi connectivity index (χ3v) is 6.60. The van der Waals surface area contributed by atoms with Crippen LogP contribution in [0.3, 0.4) is 0 Å². The number of unbranched alkanes of at least 4 members (excludes halogenated alkanes) is 2. The zero-order valence-electron chi connectivity index (χ0n) is 23.0. The molecule has 3 rings (SSSR count). The summed E-state index contributed by atoms with van der Waals surface area (Å²) in [6, 6.07) is 5.23. The van der Waals surface area contributed by atoms with Gasteiger partial charge in [-0.15, -0.1) is 5.10 Å². The van der Waals surface area contributed by atoms with Gasteiger partial charge in [0.25, 0.3) is 0 Å². The van der Waals surface area contributed by atoms with Crippen LogP contribution in [-0.4, -0.2) is 47.1 Å². The van der Waals surface area contributed by atoms with Crippen molar-refractivity contribution in [2.24, 2.45) is 10.1 Å². The maximum absolute atomic E-state index is 13.4. The van der Waals surface area contributed by atoms with E-state index in [1.165, 1.54) is 5.01 Å². The summed E-state index contributed by atoms with van der Waals surface area (Å²) in [5, 5.41) is 14.7. The Balaban J connectivity index is 1.78. The van der Waals surface area contributed by atoms with Gasteiger partial charge in [0.2, 0.25) is 5.90 Å². The van der Waals surface area contributed by atoms with Gasteiger partial charge in [-0.2, -0.15) is 5.01 Å². The van der Waals surface area contributed by atoms with E-state index in [4.69, 9.17) is 19.9 Å². The Labute approximate surface area is 216 Å². The normalized spacial score (nSPS) is 17.6. The molecule has 1 N–H and O–H groups in total. The van der Waals surface area contributed by atoms with E-state index < -0.39 is 6.04 Å². The third-order valence-electron chi connectivity index (χ3n) is 6.60. The monoisotopic (exact) mass is 494 g/mol.